The first-order valence-electron chi connectivity index (χ1n) is 8.16. The van der Waals surface area contributed by atoms with Crippen LogP contribution in [0.3, 0.4) is 0 Å². The van der Waals surface area contributed by atoms with Crippen molar-refractivity contribution < 1.29 is 22.3 Å². The van der Waals surface area contributed by atoms with E-state index in [1.165, 1.54) is 12.1 Å². The van der Waals surface area contributed by atoms with Crippen LogP contribution in [0.2, 0.25) is 0 Å². The van der Waals surface area contributed by atoms with E-state index >= 15 is 0 Å². The molecule has 146 valence electrons. The van der Waals surface area contributed by atoms with Crippen LogP contribution in [0.15, 0.2) is 48.7 Å². The van der Waals surface area contributed by atoms with Gasteiger partial charge >= 0.3 is 6.18 Å². The van der Waals surface area contributed by atoms with E-state index in [0.29, 0.717) is 25.0 Å². The summed E-state index contributed by atoms with van der Waals surface area (Å²) in [6, 6.07) is 11.5. The summed E-state index contributed by atoms with van der Waals surface area (Å²) < 4.78 is 55.0. The number of alkyl halides is 3. The van der Waals surface area contributed by atoms with Gasteiger partial charge in [-0.15, -0.1) is 12.4 Å². The smallest absolute Gasteiger partial charge is 0.422 e. The van der Waals surface area contributed by atoms with E-state index in [9.17, 15) is 17.6 Å². The van der Waals surface area contributed by atoms with Crippen molar-refractivity contribution in [3.05, 3.63) is 65.6 Å². The zero-order chi connectivity index (χ0) is 18.6. The van der Waals surface area contributed by atoms with Gasteiger partial charge < -0.3 is 15.0 Å². The van der Waals surface area contributed by atoms with Crippen LogP contribution in [0.1, 0.15) is 11.1 Å². The van der Waals surface area contributed by atoms with Crippen LogP contribution in [-0.4, -0.2) is 24.3 Å². The van der Waals surface area contributed by atoms with Gasteiger partial charge in [0, 0.05) is 18.1 Å². The number of hydrogen-bond acceptors (Lipinski definition) is 2. The molecule has 1 heterocycles. The molecule has 0 bridgehead atoms. The number of hydrogen-bond donors (Lipinski definition) is 2. The molecule has 0 unspecified atom stereocenters. The van der Waals surface area contributed by atoms with Gasteiger partial charge in [0.2, 0.25) is 0 Å². The second-order valence-electron chi connectivity index (χ2n) is 5.95. The molecule has 0 fully saturated rings. The highest BCUT2D eigenvalue weighted by molar-refractivity contribution is 5.85. The van der Waals surface area contributed by atoms with Crippen molar-refractivity contribution in [1.29, 1.82) is 0 Å². The average molecular weight is 403 g/mol. The molecule has 0 amide bonds. The van der Waals surface area contributed by atoms with Gasteiger partial charge in [-0.05, 0) is 42.3 Å². The number of halogens is 5. The highest BCUT2D eigenvalue weighted by atomic mass is 35.5. The van der Waals surface area contributed by atoms with Crippen molar-refractivity contribution in [2.24, 2.45) is 0 Å². The summed E-state index contributed by atoms with van der Waals surface area (Å²) in [5.74, 6) is -0.0916. The maximum Gasteiger partial charge on any atom is 0.422 e. The van der Waals surface area contributed by atoms with Crippen LogP contribution in [0.4, 0.5) is 17.6 Å². The molecule has 3 rings (SSSR count). The molecule has 1 aromatic heterocycles. The number of benzene rings is 2. The van der Waals surface area contributed by atoms with E-state index in [1.807, 2.05) is 12.1 Å². The Hall–Kier alpha value is -2.25. The van der Waals surface area contributed by atoms with Crippen molar-refractivity contribution in [1.82, 2.24) is 10.3 Å². The first-order valence-corrected chi connectivity index (χ1v) is 8.16. The number of para-hydroxylation sites is 1. The second-order valence-corrected chi connectivity index (χ2v) is 5.95. The van der Waals surface area contributed by atoms with Crippen LogP contribution in [0.25, 0.3) is 10.9 Å². The number of H-pyrrole nitrogens is 1. The molecular weight excluding hydrogens is 384 g/mol. The first-order chi connectivity index (χ1) is 12.4. The average Bonchev–Trinajstić information content (AvgIpc) is 3.01. The summed E-state index contributed by atoms with van der Waals surface area (Å²) in [6.45, 7) is -0.155. The highest BCUT2D eigenvalue weighted by Crippen LogP contribution is 2.21. The minimum atomic E-state index is -4.35. The lowest BCUT2D eigenvalue weighted by molar-refractivity contribution is -0.153. The van der Waals surface area contributed by atoms with Gasteiger partial charge in [-0.2, -0.15) is 13.2 Å². The number of fused-ring (bicyclic) bond motifs is 1. The molecule has 3 nitrogen and oxygen atoms in total. The molecule has 2 aromatic carbocycles. The quantitative estimate of drug-likeness (QED) is 0.431. The Balaban J connectivity index is 0.00000261. The van der Waals surface area contributed by atoms with Gasteiger partial charge in [0.25, 0.3) is 0 Å². The largest absolute Gasteiger partial charge is 0.484 e. The van der Waals surface area contributed by atoms with E-state index in [1.54, 1.807) is 24.4 Å². The fourth-order valence-corrected chi connectivity index (χ4v) is 2.75. The van der Waals surface area contributed by atoms with Crippen LogP contribution < -0.4 is 10.1 Å². The number of aromatic nitrogens is 1. The minimum Gasteiger partial charge on any atom is -0.484 e. The second kappa shape index (κ2) is 9.10. The zero-order valence-electron chi connectivity index (χ0n) is 14.3. The number of nitrogens with one attached hydrogen (secondary N) is 2. The van der Waals surface area contributed by atoms with Gasteiger partial charge in [0.1, 0.15) is 11.6 Å². The third-order valence-electron chi connectivity index (χ3n) is 3.95. The fourth-order valence-electron chi connectivity index (χ4n) is 2.75. The van der Waals surface area contributed by atoms with Crippen molar-refractivity contribution >= 4 is 23.3 Å². The first kappa shape index (κ1) is 21.1. The summed E-state index contributed by atoms with van der Waals surface area (Å²) >= 11 is 0. The van der Waals surface area contributed by atoms with Gasteiger partial charge in [0.15, 0.2) is 6.61 Å². The molecule has 2 N–H and O–H groups in total. The monoisotopic (exact) mass is 402 g/mol. The van der Waals surface area contributed by atoms with Crippen molar-refractivity contribution in [3.8, 4) is 5.75 Å². The third kappa shape index (κ3) is 5.87. The molecule has 0 atom stereocenters. The summed E-state index contributed by atoms with van der Waals surface area (Å²) in [4.78, 5) is 2.94. The SMILES string of the molecule is Cl.Fc1cccc2c(CCNCc3cccc(OCC(F)(F)F)c3)c[nH]c12. The van der Waals surface area contributed by atoms with Gasteiger partial charge in [-0.1, -0.05) is 24.3 Å². The molecule has 0 saturated carbocycles. The van der Waals surface area contributed by atoms with Crippen LogP contribution in [0, 0.1) is 5.82 Å². The third-order valence-corrected chi connectivity index (χ3v) is 3.95. The maximum atomic E-state index is 13.7. The van der Waals surface area contributed by atoms with Gasteiger partial charge in [0.05, 0.1) is 5.52 Å². The normalized spacial score (nSPS) is 11.4. The Bertz CT molecular complexity index is 880. The van der Waals surface area contributed by atoms with Crippen LogP contribution in [0.5, 0.6) is 5.75 Å². The van der Waals surface area contributed by atoms with Crippen LogP contribution in [-0.2, 0) is 13.0 Å². The van der Waals surface area contributed by atoms with E-state index < -0.39 is 12.8 Å². The Morgan fingerprint density at radius 2 is 1.85 bits per heavy atom. The van der Waals surface area contributed by atoms with E-state index in [0.717, 1.165) is 16.5 Å². The minimum absolute atomic E-state index is 0. The Morgan fingerprint density at radius 1 is 1.07 bits per heavy atom. The van der Waals surface area contributed by atoms with Crippen molar-refractivity contribution in [2.45, 2.75) is 19.1 Å². The van der Waals surface area contributed by atoms with E-state index in [-0.39, 0.29) is 24.0 Å². The summed E-state index contributed by atoms with van der Waals surface area (Å²) in [6.07, 6.45) is -1.86. The fraction of sp³-hybridized carbons (Fsp3) is 0.263. The van der Waals surface area contributed by atoms with Crippen molar-refractivity contribution in [3.63, 3.8) is 0 Å². The topological polar surface area (TPSA) is 37.0 Å². The Kier molecular flexibility index (Phi) is 7.10. The summed E-state index contributed by atoms with van der Waals surface area (Å²) in [5, 5.41) is 4.09. The molecule has 0 aliphatic heterocycles. The standard InChI is InChI=1S/C19H18F4N2O.ClH/c20-17-6-2-5-16-14(11-25-18(16)17)7-8-24-10-13-3-1-4-15(9-13)26-12-19(21,22)23;/h1-6,9,11,24-25H,7-8,10,12H2;1H. The summed E-state index contributed by atoms with van der Waals surface area (Å²) in [5.41, 5.74) is 2.33. The van der Waals surface area contributed by atoms with Gasteiger partial charge in [-0.25, -0.2) is 4.39 Å². The van der Waals surface area contributed by atoms with Gasteiger partial charge in [-0.3, -0.25) is 0 Å². The lowest BCUT2D eigenvalue weighted by Gasteiger charge is -2.10. The number of rotatable bonds is 7. The zero-order valence-corrected chi connectivity index (χ0v) is 15.1. The molecule has 0 aliphatic rings. The number of ether oxygens (including phenoxy) is 1. The predicted octanol–water partition coefficient (Wildman–Crippen LogP) is 5.00. The Morgan fingerprint density at radius 3 is 2.63 bits per heavy atom. The number of aromatic amines is 1. The lowest BCUT2D eigenvalue weighted by Crippen LogP contribution is -2.19. The summed E-state index contributed by atoms with van der Waals surface area (Å²) in [7, 11) is 0. The van der Waals surface area contributed by atoms with Crippen LogP contribution >= 0.6 is 12.4 Å². The Labute approximate surface area is 160 Å². The molecule has 27 heavy (non-hydrogen) atoms. The molecule has 0 radical (unpaired) electrons. The molecule has 0 aliphatic carbocycles. The molecular formula is C19H19ClF4N2O. The maximum absolute atomic E-state index is 13.7. The molecule has 0 saturated heterocycles. The molecule has 8 heteroatoms. The van der Waals surface area contributed by atoms with E-state index in [2.05, 4.69) is 10.3 Å². The predicted molar refractivity (Wildman–Crippen MR) is 98.9 cm³/mol. The lowest BCUT2D eigenvalue weighted by atomic mass is 10.1. The van der Waals surface area contributed by atoms with E-state index in [4.69, 9.17) is 4.74 Å². The molecule has 0 spiro atoms. The highest BCUT2D eigenvalue weighted by Gasteiger charge is 2.28. The molecule has 3 aromatic rings. The van der Waals surface area contributed by atoms with Crippen molar-refractivity contribution in [2.75, 3.05) is 13.2 Å².